The average molecular weight is 455 g/mol. The first-order valence-corrected chi connectivity index (χ1v) is 12.1. The maximum Gasteiger partial charge on any atom is 0.319 e. The summed E-state index contributed by atoms with van der Waals surface area (Å²) in [4.78, 5) is 23.0. The van der Waals surface area contributed by atoms with Gasteiger partial charge in [0.1, 0.15) is 5.82 Å². The quantitative estimate of drug-likeness (QED) is 0.472. The lowest BCUT2D eigenvalue weighted by Gasteiger charge is -2.21. The van der Waals surface area contributed by atoms with E-state index in [9.17, 15) is 4.79 Å². The van der Waals surface area contributed by atoms with Crippen molar-refractivity contribution in [1.82, 2.24) is 15.5 Å². The summed E-state index contributed by atoms with van der Waals surface area (Å²) in [7, 11) is 0. The van der Waals surface area contributed by atoms with Gasteiger partial charge in [0.25, 0.3) is 0 Å². The summed E-state index contributed by atoms with van der Waals surface area (Å²) in [5, 5.41) is 6.39. The van der Waals surface area contributed by atoms with Gasteiger partial charge in [0.05, 0.1) is 25.2 Å². The topological polar surface area (TPSA) is 104 Å². The molecule has 33 heavy (non-hydrogen) atoms. The number of allylic oxidation sites excluding steroid dienone is 1. The van der Waals surface area contributed by atoms with E-state index in [4.69, 9.17) is 10.5 Å². The van der Waals surface area contributed by atoms with E-state index in [1.165, 1.54) is 24.0 Å². The smallest absolute Gasteiger partial charge is 0.319 e. The first-order chi connectivity index (χ1) is 16.0. The minimum Gasteiger partial charge on any atom is -0.463 e. The van der Waals surface area contributed by atoms with Crippen molar-refractivity contribution in [2.75, 3.05) is 19.7 Å². The van der Waals surface area contributed by atoms with Crippen LogP contribution in [0.4, 0.5) is 0 Å². The summed E-state index contributed by atoms with van der Waals surface area (Å²) in [5.41, 5.74) is 10.3. The van der Waals surface area contributed by atoms with Crippen LogP contribution in [0.5, 0.6) is 0 Å². The maximum absolute atomic E-state index is 12.5. The van der Waals surface area contributed by atoms with Crippen LogP contribution in [0.25, 0.3) is 0 Å². The Morgan fingerprint density at radius 3 is 2.82 bits per heavy atom. The minimum absolute atomic E-state index is 0.155. The number of unbranched alkanes of at least 4 members (excludes halogenated alkanes) is 1. The van der Waals surface area contributed by atoms with Crippen LogP contribution < -0.4 is 16.4 Å². The van der Waals surface area contributed by atoms with Gasteiger partial charge in [-0.2, -0.15) is 9.98 Å². The SMILES string of the molecule is CCCCOC1=N/C(N)=C(\C)NC(=O)CN(Cc2ccc(CNCC3CC3)c(CC)c2)\C=N\1. The van der Waals surface area contributed by atoms with E-state index in [0.717, 1.165) is 43.8 Å². The number of aliphatic imine (C=N–C) groups is 2. The molecule has 1 fully saturated rings. The zero-order chi connectivity index (χ0) is 23.6. The number of nitrogens with one attached hydrogen (secondary N) is 2. The fraction of sp³-hybridized carbons (Fsp3) is 0.560. The zero-order valence-corrected chi connectivity index (χ0v) is 20.2. The monoisotopic (exact) mass is 454 g/mol. The summed E-state index contributed by atoms with van der Waals surface area (Å²) in [6.45, 7) is 9.22. The molecule has 0 spiro atoms. The van der Waals surface area contributed by atoms with Gasteiger partial charge in [-0.15, -0.1) is 0 Å². The summed E-state index contributed by atoms with van der Waals surface area (Å²) < 4.78 is 5.70. The van der Waals surface area contributed by atoms with Gasteiger partial charge in [-0.1, -0.05) is 38.5 Å². The van der Waals surface area contributed by atoms with E-state index in [0.29, 0.717) is 18.8 Å². The number of hydrogen-bond acceptors (Lipinski definition) is 7. The van der Waals surface area contributed by atoms with E-state index < -0.39 is 0 Å². The zero-order valence-electron chi connectivity index (χ0n) is 20.2. The Hall–Kier alpha value is -2.87. The molecule has 1 aromatic carbocycles. The van der Waals surface area contributed by atoms with Crippen LogP contribution in [0.3, 0.4) is 0 Å². The van der Waals surface area contributed by atoms with Crippen molar-refractivity contribution in [3.8, 4) is 0 Å². The second kappa shape index (κ2) is 12.4. The Labute approximate surface area is 197 Å². The molecular formula is C25H38N6O2. The van der Waals surface area contributed by atoms with Crippen molar-refractivity contribution in [2.45, 2.75) is 66.0 Å². The fourth-order valence-electron chi connectivity index (χ4n) is 3.61. The lowest BCUT2D eigenvalue weighted by molar-refractivity contribution is -0.120. The summed E-state index contributed by atoms with van der Waals surface area (Å²) in [6, 6.07) is 6.76. The highest BCUT2D eigenvalue weighted by Crippen LogP contribution is 2.27. The molecule has 8 heteroatoms. The van der Waals surface area contributed by atoms with Crippen molar-refractivity contribution < 1.29 is 9.53 Å². The number of nitrogens with zero attached hydrogens (tertiary/aromatic N) is 3. The van der Waals surface area contributed by atoms with Crippen molar-refractivity contribution in [3.63, 3.8) is 0 Å². The third-order valence-corrected chi connectivity index (χ3v) is 5.82. The molecule has 8 nitrogen and oxygen atoms in total. The van der Waals surface area contributed by atoms with E-state index in [1.54, 1.807) is 13.3 Å². The lowest BCUT2D eigenvalue weighted by atomic mass is 10.0. The number of benzene rings is 1. The van der Waals surface area contributed by atoms with Gasteiger partial charge in [0, 0.05) is 13.1 Å². The van der Waals surface area contributed by atoms with Crippen LogP contribution in [-0.4, -0.2) is 42.9 Å². The molecule has 0 radical (unpaired) electrons. The predicted octanol–water partition coefficient (Wildman–Crippen LogP) is 3.03. The van der Waals surface area contributed by atoms with Crippen molar-refractivity contribution >= 4 is 18.3 Å². The van der Waals surface area contributed by atoms with E-state index in [-0.39, 0.29) is 24.3 Å². The van der Waals surface area contributed by atoms with Crippen LogP contribution in [-0.2, 0) is 29.0 Å². The Morgan fingerprint density at radius 1 is 1.27 bits per heavy atom. The molecule has 2 aliphatic rings. The molecule has 3 rings (SSSR count). The second-order valence-corrected chi connectivity index (χ2v) is 8.84. The Morgan fingerprint density at radius 2 is 2.09 bits per heavy atom. The first-order valence-electron chi connectivity index (χ1n) is 12.1. The molecule has 0 saturated heterocycles. The number of amides is 1. The van der Waals surface area contributed by atoms with Gasteiger partial charge in [0.2, 0.25) is 5.91 Å². The van der Waals surface area contributed by atoms with Crippen LogP contribution >= 0.6 is 0 Å². The molecule has 1 amide bonds. The van der Waals surface area contributed by atoms with Crippen molar-refractivity contribution in [1.29, 1.82) is 0 Å². The van der Waals surface area contributed by atoms with E-state index >= 15 is 0 Å². The normalized spacial score (nSPS) is 21.8. The standard InChI is InChI=1S/C25H38N6O2/c1-4-6-11-33-25-28-17-31(16-23(32)29-18(3)24(26)30-25)15-20-9-10-22(21(5-2)12-20)14-27-13-19-7-8-19/h9-10,12,17,19,27H,4-8,11,13-16,26H2,1-3H3,(H,29,32)/b24-18+,28-17+,30-25+. The Kier molecular flexibility index (Phi) is 9.30. The Bertz CT molecular complexity index is 904. The molecule has 180 valence electrons. The summed E-state index contributed by atoms with van der Waals surface area (Å²) >= 11 is 0. The molecule has 4 N–H and O–H groups in total. The minimum atomic E-state index is -0.163. The van der Waals surface area contributed by atoms with E-state index in [2.05, 4.69) is 52.7 Å². The highest BCUT2D eigenvalue weighted by atomic mass is 16.5. The lowest BCUT2D eigenvalue weighted by Crippen LogP contribution is -2.37. The highest BCUT2D eigenvalue weighted by molar-refractivity contribution is 5.87. The largest absolute Gasteiger partial charge is 0.463 e. The number of nitrogens with two attached hydrogens (primary N) is 1. The van der Waals surface area contributed by atoms with Gasteiger partial charge in [-0.3, -0.25) is 4.79 Å². The van der Waals surface area contributed by atoms with Crippen LogP contribution in [0.2, 0.25) is 0 Å². The molecule has 1 aromatic rings. The molecule has 0 atom stereocenters. The summed E-state index contributed by atoms with van der Waals surface area (Å²) in [5.74, 6) is 0.899. The molecule has 1 heterocycles. The number of carbonyl (C=O) groups is 1. The van der Waals surface area contributed by atoms with Crippen LogP contribution in [0.15, 0.2) is 39.7 Å². The summed E-state index contributed by atoms with van der Waals surface area (Å²) in [6.07, 6.45) is 7.21. The number of aryl methyl sites for hydroxylation is 1. The maximum atomic E-state index is 12.5. The number of rotatable bonds is 10. The molecule has 1 saturated carbocycles. The van der Waals surface area contributed by atoms with Gasteiger partial charge in [-0.05, 0) is 61.8 Å². The number of amidine groups is 1. The average Bonchev–Trinajstić information content (AvgIpc) is 3.61. The molecule has 0 unspecified atom stereocenters. The number of ether oxygens (including phenoxy) is 1. The van der Waals surface area contributed by atoms with Crippen LogP contribution in [0.1, 0.15) is 63.1 Å². The van der Waals surface area contributed by atoms with Crippen LogP contribution in [0, 0.1) is 5.92 Å². The van der Waals surface area contributed by atoms with Crippen molar-refractivity contribution in [2.24, 2.45) is 21.6 Å². The van der Waals surface area contributed by atoms with Gasteiger partial charge < -0.3 is 26.0 Å². The van der Waals surface area contributed by atoms with Gasteiger partial charge in [-0.25, -0.2) is 0 Å². The van der Waals surface area contributed by atoms with Gasteiger partial charge in [0.15, 0.2) is 0 Å². The molecule has 0 aromatic heterocycles. The fourth-order valence-corrected chi connectivity index (χ4v) is 3.61. The molecule has 1 aliphatic carbocycles. The molecule has 1 aliphatic heterocycles. The third kappa shape index (κ3) is 8.20. The van der Waals surface area contributed by atoms with Crippen molar-refractivity contribution in [3.05, 3.63) is 46.4 Å². The molecular weight excluding hydrogens is 416 g/mol. The number of carbonyl (C=O) groups excluding carboxylic acids is 1. The molecule has 0 bridgehead atoms. The highest BCUT2D eigenvalue weighted by Gasteiger charge is 2.20. The first kappa shape index (κ1) is 24.8. The predicted molar refractivity (Wildman–Crippen MR) is 132 cm³/mol. The van der Waals surface area contributed by atoms with Gasteiger partial charge >= 0.3 is 6.02 Å². The van der Waals surface area contributed by atoms with E-state index in [1.807, 2.05) is 4.90 Å². The third-order valence-electron chi connectivity index (χ3n) is 5.82. The Balaban J connectivity index is 1.72. The number of hydrogen-bond donors (Lipinski definition) is 3. The second-order valence-electron chi connectivity index (χ2n) is 8.84.